The molecule has 0 radical (unpaired) electrons. The van der Waals surface area contributed by atoms with Crippen molar-refractivity contribution in [2.45, 2.75) is 19.9 Å². The third-order valence-corrected chi connectivity index (χ3v) is 3.84. The first-order valence-corrected chi connectivity index (χ1v) is 7.57. The van der Waals surface area contributed by atoms with Gasteiger partial charge in [0.15, 0.2) is 0 Å². The van der Waals surface area contributed by atoms with E-state index < -0.39 is 18.0 Å². The van der Waals surface area contributed by atoms with Crippen molar-refractivity contribution in [3.63, 3.8) is 0 Å². The quantitative estimate of drug-likeness (QED) is 0.761. The summed E-state index contributed by atoms with van der Waals surface area (Å²) in [6, 6.07) is -1.24. The standard InChI is InChI=1S/C12H21N3O4S/c1-8(2)4-13-10(16)5-14(3)12(19)15-7-20-6-9(15)11(17)18/h8-9H,4-7H2,1-3H3,(H,13,16)(H,17,18). The summed E-state index contributed by atoms with van der Waals surface area (Å²) in [5.41, 5.74) is 0. The molecule has 2 N–H and O–H groups in total. The maximum atomic E-state index is 12.1. The number of carboxylic acids is 1. The minimum atomic E-state index is -1.01. The molecule has 7 nitrogen and oxygen atoms in total. The maximum Gasteiger partial charge on any atom is 0.327 e. The molecule has 1 aliphatic rings. The van der Waals surface area contributed by atoms with Crippen molar-refractivity contribution in [2.24, 2.45) is 5.92 Å². The average molecular weight is 303 g/mol. The number of hydrogen-bond donors (Lipinski definition) is 2. The molecule has 20 heavy (non-hydrogen) atoms. The third-order valence-electron chi connectivity index (χ3n) is 2.83. The summed E-state index contributed by atoms with van der Waals surface area (Å²) in [4.78, 5) is 37.3. The zero-order valence-electron chi connectivity index (χ0n) is 12.0. The first kappa shape index (κ1) is 16.6. The van der Waals surface area contributed by atoms with E-state index in [9.17, 15) is 14.4 Å². The van der Waals surface area contributed by atoms with Crippen LogP contribution in [0.3, 0.4) is 0 Å². The van der Waals surface area contributed by atoms with Crippen molar-refractivity contribution in [3.05, 3.63) is 0 Å². The largest absolute Gasteiger partial charge is 0.480 e. The highest BCUT2D eigenvalue weighted by Gasteiger charge is 2.36. The highest BCUT2D eigenvalue weighted by atomic mass is 32.2. The molecule has 1 atom stereocenters. The molecule has 1 rings (SSSR count). The zero-order chi connectivity index (χ0) is 15.3. The summed E-state index contributed by atoms with van der Waals surface area (Å²) < 4.78 is 0. The minimum Gasteiger partial charge on any atom is -0.480 e. The summed E-state index contributed by atoms with van der Waals surface area (Å²) in [6.45, 7) is 4.44. The molecule has 1 aliphatic heterocycles. The van der Waals surface area contributed by atoms with Crippen molar-refractivity contribution >= 4 is 29.7 Å². The topological polar surface area (TPSA) is 90.0 Å². The molecule has 0 aliphatic carbocycles. The number of amides is 3. The Hall–Kier alpha value is -1.44. The number of aliphatic carboxylic acids is 1. The van der Waals surface area contributed by atoms with Gasteiger partial charge in [-0.2, -0.15) is 0 Å². The van der Waals surface area contributed by atoms with E-state index in [1.54, 1.807) is 0 Å². The van der Waals surface area contributed by atoms with Gasteiger partial charge in [-0.25, -0.2) is 9.59 Å². The number of carbonyl (C=O) groups excluding carboxylic acids is 2. The monoisotopic (exact) mass is 303 g/mol. The van der Waals surface area contributed by atoms with E-state index in [1.807, 2.05) is 13.8 Å². The lowest BCUT2D eigenvalue weighted by Crippen LogP contribution is -2.50. The predicted octanol–water partition coefficient (Wildman–Crippen LogP) is 0.270. The van der Waals surface area contributed by atoms with Gasteiger partial charge < -0.3 is 20.2 Å². The number of carboxylic acid groups (broad SMARTS) is 1. The number of urea groups is 1. The number of rotatable bonds is 5. The Morgan fingerprint density at radius 3 is 2.65 bits per heavy atom. The van der Waals surface area contributed by atoms with Crippen molar-refractivity contribution in [3.8, 4) is 0 Å². The SMILES string of the molecule is CC(C)CNC(=O)CN(C)C(=O)N1CSCC1C(=O)O. The van der Waals surface area contributed by atoms with E-state index in [1.165, 1.54) is 28.6 Å². The first-order chi connectivity index (χ1) is 9.32. The molecule has 114 valence electrons. The van der Waals surface area contributed by atoms with Gasteiger partial charge >= 0.3 is 12.0 Å². The van der Waals surface area contributed by atoms with Crippen molar-refractivity contribution in [1.82, 2.24) is 15.1 Å². The predicted molar refractivity (Wildman–Crippen MR) is 76.5 cm³/mol. The van der Waals surface area contributed by atoms with E-state index >= 15 is 0 Å². The average Bonchev–Trinajstić information content (AvgIpc) is 2.84. The van der Waals surface area contributed by atoms with Gasteiger partial charge in [0.25, 0.3) is 0 Å². The summed E-state index contributed by atoms with van der Waals surface area (Å²) in [7, 11) is 1.50. The lowest BCUT2D eigenvalue weighted by atomic mass is 10.2. The Bertz CT molecular complexity index is 389. The Morgan fingerprint density at radius 2 is 2.10 bits per heavy atom. The van der Waals surface area contributed by atoms with E-state index in [4.69, 9.17) is 5.11 Å². The van der Waals surface area contributed by atoms with Crippen LogP contribution in [0.5, 0.6) is 0 Å². The van der Waals surface area contributed by atoms with Crippen LogP contribution in [0.2, 0.25) is 0 Å². The molecule has 1 saturated heterocycles. The number of likely N-dealkylation sites (N-methyl/N-ethyl adjacent to an activating group) is 1. The normalized spacial score (nSPS) is 18.2. The molecule has 1 heterocycles. The smallest absolute Gasteiger partial charge is 0.327 e. The minimum absolute atomic E-state index is 0.0704. The fraction of sp³-hybridized carbons (Fsp3) is 0.750. The number of thioether (sulfide) groups is 1. The highest BCUT2D eigenvalue weighted by molar-refractivity contribution is 7.99. The number of nitrogens with zero attached hydrogens (tertiary/aromatic N) is 2. The van der Waals surface area contributed by atoms with E-state index in [0.717, 1.165) is 0 Å². The van der Waals surface area contributed by atoms with Gasteiger partial charge in [0.1, 0.15) is 12.6 Å². The van der Waals surface area contributed by atoms with Gasteiger partial charge in [-0.15, -0.1) is 11.8 Å². The molecule has 3 amide bonds. The van der Waals surface area contributed by atoms with Crippen LogP contribution in [0, 0.1) is 5.92 Å². The molecule has 0 bridgehead atoms. The number of nitrogens with one attached hydrogen (secondary N) is 1. The summed E-state index contributed by atoms with van der Waals surface area (Å²) in [5, 5.41) is 11.8. The fourth-order valence-electron chi connectivity index (χ4n) is 1.71. The van der Waals surface area contributed by atoms with Crippen molar-refractivity contribution < 1.29 is 19.5 Å². The van der Waals surface area contributed by atoms with Crippen molar-refractivity contribution in [1.29, 1.82) is 0 Å². The van der Waals surface area contributed by atoms with Gasteiger partial charge in [0.2, 0.25) is 5.91 Å². The van der Waals surface area contributed by atoms with Crippen LogP contribution in [-0.4, -0.2) is 70.6 Å². The molecule has 0 aromatic rings. The molecular weight excluding hydrogens is 282 g/mol. The van der Waals surface area contributed by atoms with E-state index in [2.05, 4.69) is 5.32 Å². The van der Waals surface area contributed by atoms with Crippen molar-refractivity contribution in [2.75, 3.05) is 31.8 Å². The van der Waals surface area contributed by atoms with Gasteiger partial charge in [-0.3, -0.25) is 4.79 Å². The second kappa shape index (κ2) is 7.37. The number of carbonyl (C=O) groups is 3. The van der Waals surface area contributed by atoms with Gasteiger partial charge in [-0.05, 0) is 5.92 Å². The molecule has 0 spiro atoms. The lowest BCUT2D eigenvalue weighted by molar-refractivity contribution is -0.140. The Kier molecular flexibility index (Phi) is 6.12. The summed E-state index contributed by atoms with van der Waals surface area (Å²) in [6.07, 6.45) is 0. The molecule has 1 unspecified atom stereocenters. The van der Waals surface area contributed by atoms with E-state index in [0.29, 0.717) is 24.1 Å². The summed E-state index contributed by atoms with van der Waals surface area (Å²) in [5.74, 6) is -0.192. The van der Waals surface area contributed by atoms with Crippen LogP contribution in [0.1, 0.15) is 13.8 Å². The van der Waals surface area contributed by atoms with Crippen LogP contribution < -0.4 is 5.32 Å². The second-order valence-corrected chi connectivity index (χ2v) is 6.16. The molecule has 8 heteroatoms. The molecule has 0 saturated carbocycles. The molecular formula is C12H21N3O4S. The Labute approximate surface area is 122 Å². The Morgan fingerprint density at radius 1 is 1.45 bits per heavy atom. The molecule has 0 aromatic carbocycles. The lowest BCUT2D eigenvalue weighted by Gasteiger charge is -2.26. The summed E-state index contributed by atoms with van der Waals surface area (Å²) >= 11 is 1.39. The third kappa shape index (κ3) is 4.59. The zero-order valence-corrected chi connectivity index (χ0v) is 12.8. The highest BCUT2D eigenvalue weighted by Crippen LogP contribution is 2.22. The van der Waals surface area contributed by atoms with E-state index in [-0.39, 0.29) is 12.5 Å². The second-order valence-electron chi connectivity index (χ2n) is 5.16. The van der Waals surface area contributed by atoms with Gasteiger partial charge in [0.05, 0.1) is 5.88 Å². The van der Waals surface area contributed by atoms with Gasteiger partial charge in [-0.1, -0.05) is 13.8 Å². The van der Waals surface area contributed by atoms with Crippen LogP contribution >= 0.6 is 11.8 Å². The Balaban J connectivity index is 2.50. The van der Waals surface area contributed by atoms with Gasteiger partial charge in [0, 0.05) is 19.3 Å². The fourth-order valence-corrected chi connectivity index (χ4v) is 2.85. The van der Waals surface area contributed by atoms with Crippen LogP contribution in [0.4, 0.5) is 4.79 Å². The first-order valence-electron chi connectivity index (χ1n) is 6.42. The van der Waals surface area contributed by atoms with Crippen LogP contribution in [0.25, 0.3) is 0 Å². The molecule has 1 fully saturated rings. The number of hydrogen-bond acceptors (Lipinski definition) is 4. The van der Waals surface area contributed by atoms with Crippen LogP contribution in [-0.2, 0) is 9.59 Å². The molecule has 0 aromatic heterocycles. The maximum absolute atomic E-state index is 12.1. The van der Waals surface area contributed by atoms with Crippen LogP contribution in [0.15, 0.2) is 0 Å².